The Morgan fingerprint density at radius 2 is 2.00 bits per heavy atom. The fourth-order valence-corrected chi connectivity index (χ4v) is 3.18. The number of anilines is 1. The molecule has 1 aliphatic heterocycles. The fourth-order valence-electron chi connectivity index (χ4n) is 3.18. The van der Waals surface area contributed by atoms with Crippen molar-refractivity contribution in [2.45, 2.75) is 0 Å². The lowest BCUT2D eigenvalue weighted by Gasteiger charge is -2.40. The minimum atomic E-state index is -0.110. The number of aromatic amines is 1. The minimum Gasteiger partial charge on any atom is -0.360 e. The second-order valence-electron chi connectivity index (χ2n) is 7.31. The van der Waals surface area contributed by atoms with Gasteiger partial charge in [-0.15, -0.1) is 0 Å². The average molecular weight is 364 g/mol. The standard InChI is InChI=1S/C21H25N5O/c1-5-18(22-6-2)20-14-17(27)15-21(24-20)19-13-16(7-8-23-19)25-9-11-26(3,4)12-10-25/h5-8,13-15H,1-2,9-12H2,3-4H3/p+1. The van der Waals surface area contributed by atoms with Crippen LogP contribution in [0, 0.1) is 0 Å². The summed E-state index contributed by atoms with van der Waals surface area (Å²) in [5.41, 5.74) is 3.56. The van der Waals surface area contributed by atoms with Crippen LogP contribution < -0.4 is 10.3 Å². The molecule has 0 spiro atoms. The highest BCUT2D eigenvalue weighted by Gasteiger charge is 2.24. The number of allylic oxidation sites excluding steroid dienone is 1. The Balaban J connectivity index is 1.95. The van der Waals surface area contributed by atoms with E-state index in [0.717, 1.165) is 42.0 Å². The molecular formula is C21H26N5O+. The summed E-state index contributed by atoms with van der Waals surface area (Å²) in [4.78, 5) is 26.4. The lowest BCUT2D eigenvalue weighted by atomic mass is 10.1. The zero-order chi connectivity index (χ0) is 19.4. The van der Waals surface area contributed by atoms with E-state index >= 15 is 0 Å². The summed E-state index contributed by atoms with van der Waals surface area (Å²) in [6.45, 7) is 11.6. The summed E-state index contributed by atoms with van der Waals surface area (Å²) in [5.74, 6) is 0. The first-order valence-corrected chi connectivity index (χ1v) is 9.01. The quantitative estimate of drug-likeness (QED) is 0.655. The summed E-state index contributed by atoms with van der Waals surface area (Å²) < 4.78 is 1.04. The van der Waals surface area contributed by atoms with Crippen molar-refractivity contribution in [3.05, 3.63) is 71.8 Å². The molecule has 0 unspecified atom stereocenters. The van der Waals surface area contributed by atoms with E-state index in [1.807, 2.05) is 12.1 Å². The first kappa shape index (κ1) is 18.8. The van der Waals surface area contributed by atoms with Crippen LogP contribution in [0.1, 0.15) is 5.69 Å². The molecule has 6 nitrogen and oxygen atoms in total. The van der Waals surface area contributed by atoms with Crippen LogP contribution in [0.15, 0.2) is 65.7 Å². The third-order valence-corrected chi connectivity index (χ3v) is 4.88. The van der Waals surface area contributed by atoms with Crippen molar-refractivity contribution in [2.75, 3.05) is 45.2 Å². The fraction of sp³-hybridized carbons (Fsp3) is 0.286. The number of nitrogens with zero attached hydrogens (tertiary/aromatic N) is 4. The normalized spacial score (nSPS) is 16.8. The van der Waals surface area contributed by atoms with Crippen molar-refractivity contribution in [3.63, 3.8) is 0 Å². The Morgan fingerprint density at radius 1 is 1.26 bits per heavy atom. The van der Waals surface area contributed by atoms with Gasteiger partial charge >= 0.3 is 0 Å². The van der Waals surface area contributed by atoms with Crippen molar-refractivity contribution in [1.29, 1.82) is 0 Å². The van der Waals surface area contributed by atoms with Crippen LogP contribution in [-0.4, -0.2) is 60.4 Å². The van der Waals surface area contributed by atoms with E-state index in [2.05, 4.69) is 47.1 Å². The molecule has 1 fully saturated rings. The van der Waals surface area contributed by atoms with Crippen molar-refractivity contribution >= 4 is 11.4 Å². The second kappa shape index (κ2) is 7.72. The number of hydrogen-bond donors (Lipinski definition) is 1. The number of rotatable bonds is 5. The first-order chi connectivity index (χ1) is 12.9. The number of H-pyrrole nitrogens is 1. The zero-order valence-electron chi connectivity index (χ0n) is 16.0. The molecule has 140 valence electrons. The van der Waals surface area contributed by atoms with Crippen LogP contribution in [-0.2, 0) is 0 Å². The van der Waals surface area contributed by atoms with Crippen molar-refractivity contribution in [1.82, 2.24) is 9.97 Å². The summed E-state index contributed by atoms with van der Waals surface area (Å²) >= 11 is 0. The molecule has 6 heteroatoms. The van der Waals surface area contributed by atoms with Crippen LogP contribution in [0.2, 0.25) is 0 Å². The average Bonchev–Trinajstić information content (AvgIpc) is 2.65. The van der Waals surface area contributed by atoms with Gasteiger partial charge in [-0.3, -0.25) is 14.8 Å². The van der Waals surface area contributed by atoms with E-state index in [1.165, 1.54) is 12.3 Å². The van der Waals surface area contributed by atoms with Crippen LogP contribution in [0.25, 0.3) is 11.4 Å². The lowest BCUT2D eigenvalue weighted by Crippen LogP contribution is -2.54. The summed E-state index contributed by atoms with van der Waals surface area (Å²) in [6, 6.07) is 7.10. The highest BCUT2D eigenvalue weighted by atomic mass is 16.1. The molecule has 27 heavy (non-hydrogen) atoms. The van der Waals surface area contributed by atoms with Gasteiger partial charge in [-0.25, -0.2) is 0 Å². The van der Waals surface area contributed by atoms with Gasteiger partial charge in [0, 0.05) is 30.2 Å². The molecule has 0 radical (unpaired) electrons. The maximum absolute atomic E-state index is 12.2. The number of hydrogen-bond acceptors (Lipinski definition) is 4. The SMILES string of the molecule is C=CN=C(C=C)c1cc(=O)cc(-c2cc(N3CC[N+](C)(C)CC3)ccn2)[nH]1. The number of likely N-dealkylation sites (N-methyl/N-ethyl adjacent to an activating group) is 1. The van der Waals surface area contributed by atoms with Crippen LogP contribution in [0.3, 0.4) is 0 Å². The van der Waals surface area contributed by atoms with Crippen LogP contribution in [0.5, 0.6) is 0 Å². The summed E-state index contributed by atoms with van der Waals surface area (Å²) in [5, 5.41) is 0. The molecule has 0 atom stereocenters. The molecule has 0 aliphatic carbocycles. The molecule has 2 aromatic rings. The molecule has 1 saturated heterocycles. The Labute approximate surface area is 159 Å². The molecule has 0 amide bonds. The van der Waals surface area contributed by atoms with Gasteiger partial charge in [0.05, 0.1) is 63.1 Å². The lowest BCUT2D eigenvalue weighted by molar-refractivity contribution is -0.890. The molecule has 1 aliphatic rings. The minimum absolute atomic E-state index is 0.110. The third kappa shape index (κ3) is 4.41. The highest BCUT2D eigenvalue weighted by Crippen LogP contribution is 2.22. The Morgan fingerprint density at radius 3 is 2.67 bits per heavy atom. The number of piperazine rings is 1. The number of quaternary nitrogens is 1. The van der Waals surface area contributed by atoms with E-state index in [4.69, 9.17) is 0 Å². The summed E-state index contributed by atoms with van der Waals surface area (Å²) in [6.07, 6.45) is 4.81. The van der Waals surface area contributed by atoms with Crippen LogP contribution in [0.4, 0.5) is 5.69 Å². The number of pyridine rings is 2. The largest absolute Gasteiger partial charge is 0.360 e. The Bertz CT molecular complexity index is 932. The van der Waals surface area contributed by atoms with Crippen molar-refractivity contribution in [3.8, 4) is 11.4 Å². The summed E-state index contributed by atoms with van der Waals surface area (Å²) in [7, 11) is 4.51. The van der Waals surface area contributed by atoms with Crippen LogP contribution >= 0.6 is 0 Å². The number of aliphatic imine (C=N–C) groups is 1. The first-order valence-electron chi connectivity index (χ1n) is 9.01. The van der Waals surface area contributed by atoms with Crippen molar-refractivity contribution < 1.29 is 4.48 Å². The predicted octanol–water partition coefficient (Wildman–Crippen LogP) is 2.45. The molecule has 3 rings (SSSR count). The molecule has 0 saturated carbocycles. The molecule has 0 bridgehead atoms. The van der Waals surface area contributed by atoms with Gasteiger partial charge in [0.1, 0.15) is 0 Å². The number of aromatic nitrogens is 2. The van der Waals surface area contributed by atoms with Gasteiger partial charge < -0.3 is 14.4 Å². The smallest absolute Gasteiger partial charge is 0.182 e. The van der Waals surface area contributed by atoms with Gasteiger partial charge in [-0.1, -0.05) is 13.2 Å². The topological polar surface area (TPSA) is 61.4 Å². The predicted molar refractivity (Wildman–Crippen MR) is 111 cm³/mol. The van der Waals surface area contributed by atoms with Gasteiger partial charge in [-0.2, -0.15) is 0 Å². The zero-order valence-corrected chi connectivity index (χ0v) is 16.0. The molecule has 1 N–H and O–H groups in total. The van der Waals surface area contributed by atoms with Gasteiger partial charge in [0.2, 0.25) is 0 Å². The van der Waals surface area contributed by atoms with E-state index in [-0.39, 0.29) is 5.43 Å². The van der Waals surface area contributed by atoms with Gasteiger partial charge in [-0.05, 0) is 18.2 Å². The third-order valence-electron chi connectivity index (χ3n) is 4.88. The Kier molecular flexibility index (Phi) is 5.37. The van der Waals surface area contributed by atoms with Gasteiger partial charge in [0.25, 0.3) is 0 Å². The monoisotopic (exact) mass is 364 g/mol. The van der Waals surface area contributed by atoms with E-state index < -0.39 is 0 Å². The highest BCUT2D eigenvalue weighted by molar-refractivity contribution is 6.07. The molecular weight excluding hydrogens is 338 g/mol. The molecule has 2 aromatic heterocycles. The van der Waals surface area contributed by atoms with Crippen molar-refractivity contribution in [2.24, 2.45) is 4.99 Å². The van der Waals surface area contributed by atoms with E-state index in [0.29, 0.717) is 17.1 Å². The number of nitrogens with one attached hydrogen (secondary N) is 1. The second-order valence-corrected chi connectivity index (χ2v) is 7.31. The Hall–Kier alpha value is -2.99. The maximum atomic E-state index is 12.2. The van der Waals surface area contributed by atoms with Gasteiger partial charge in [0.15, 0.2) is 5.43 Å². The maximum Gasteiger partial charge on any atom is 0.182 e. The van der Waals surface area contributed by atoms with E-state index in [9.17, 15) is 4.79 Å². The molecule has 3 heterocycles. The molecule has 0 aromatic carbocycles. The van der Waals surface area contributed by atoms with E-state index in [1.54, 1.807) is 18.3 Å².